The Morgan fingerprint density at radius 3 is 1.43 bits per heavy atom. The topological polar surface area (TPSA) is 43.6 Å². The molecule has 0 bridgehead atoms. The van der Waals surface area contributed by atoms with E-state index in [1.165, 1.54) is 32.9 Å². The minimum Gasteiger partial charge on any atom is -0.309 e. The van der Waals surface area contributed by atoms with E-state index in [2.05, 4.69) is 126 Å². The summed E-state index contributed by atoms with van der Waals surface area (Å²) in [7, 11) is 0. The Morgan fingerprint density at radius 1 is 0.286 bits per heavy atom. The number of para-hydroxylation sites is 1. The molecular weight excluding hydrogens is 597 g/mol. The van der Waals surface area contributed by atoms with Crippen molar-refractivity contribution < 1.29 is 0 Å². The average Bonchev–Trinajstić information content (AvgIpc) is 3.52. The van der Waals surface area contributed by atoms with Crippen LogP contribution in [0.4, 0.5) is 0 Å². The molecule has 49 heavy (non-hydrogen) atoms. The number of benzene rings is 7. The van der Waals surface area contributed by atoms with Gasteiger partial charge in [0.1, 0.15) is 0 Å². The van der Waals surface area contributed by atoms with Crippen molar-refractivity contribution in [1.82, 2.24) is 19.5 Å². The van der Waals surface area contributed by atoms with Crippen LogP contribution in [-0.2, 0) is 0 Å². The van der Waals surface area contributed by atoms with Gasteiger partial charge in [0.05, 0.1) is 11.0 Å². The van der Waals surface area contributed by atoms with Crippen LogP contribution in [0.25, 0.3) is 83.9 Å². The maximum Gasteiger partial charge on any atom is 0.164 e. The Hall–Kier alpha value is -6.65. The number of hydrogen-bond acceptors (Lipinski definition) is 3. The van der Waals surface area contributed by atoms with Crippen LogP contribution >= 0.6 is 0 Å². The molecule has 0 aliphatic heterocycles. The zero-order valence-electron chi connectivity index (χ0n) is 26.6. The third kappa shape index (κ3) is 5.35. The summed E-state index contributed by atoms with van der Waals surface area (Å²) < 4.78 is 2.37. The molecule has 0 aliphatic carbocycles. The lowest BCUT2D eigenvalue weighted by molar-refractivity contribution is 1.07. The minimum absolute atomic E-state index is 0.641. The van der Waals surface area contributed by atoms with Crippen molar-refractivity contribution in [3.8, 4) is 62.1 Å². The molecule has 9 aromatic rings. The van der Waals surface area contributed by atoms with Crippen LogP contribution in [0.15, 0.2) is 182 Å². The van der Waals surface area contributed by atoms with Crippen molar-refractivity contribution in [2.24, 2.45) is 0 Å². The Labute approximate surface area is 284 Å². The Kier molecular flexibility index (Phi) is 7.10. The largest absolute Gasteiger partial charge is 0.309 e. The molecule has 0 aliphatic rings. The molecule has 4 heteroatoms. The molecule has 0 N–H and O–H groups in total. The monoisotopic (exact) mass is 626 g/mol. The Bertz CT molecular complexity index is 2530. The van der Waals surface area contributed by atoms with E-state index >= 15 is 0 Å². The summed E-state index contributed by atoms with van der Waals surface area (Å²) in [6, 6.07) is 63.5. The molecule has 0 unspecified atom stereocenters. The van der Waals surface area contributed by atoms with E-state index in [0.29, 0.717) is 17.5 Å². The highest BCUT2D eigenvalue weighted by Gasteiger charge is 2.15. The first-order valence-electron chi connectivity index (χ1n) is 16.5. The lowest BCUT2D eigenvalue weighted by Crippen LogP contribution is -2.00. The van der Waals surface area contributed by atoms with Crippen molar-refractivity contribution in [3.05, 3.63) is 182 Å². The Morgan fingerprint density at radius 2 is 0.755 bits per heavy atom. The molecule has 0 fully saturated rings. The second kappa shape index (κ2) is 12.2. The first-order valence-corrected chi connectivity index (χ1v) is 16.5. The zero-order valence-corrected chi connectivity index (χ0v) is 26.6. The van der Waals surface area contributed by atoms with Gasteiger partial charge in [0, 0.05) is 33.2 Å². The van der Waals surface area contributed by atoms with Gasteiger partial charge in [0.15, 0.2) is 17.5 Å². The van der Waals surface area contributed by atoms with Crippen LogP contribution in [0, 0.1) is 0 Å². The van der Waals surface area contributed by atoms with E-state index < -0.39 is 0 Å². The van der Waals surface area contributed by atoms with Gasteiger partial charge in [-0.15, -0.1) is 0 Å². The highest BCUT2D eigenvalue weighted by atomic mass is 15.0. The van der Waals surface area contributed by atoms with Crippen LogP contribution in [0.2, 0.25) is 0 Å². The van der Waals surface area contributed by atoms with Gasteiger partial charge in [0.25, 0.3) is 0 Å². The van der Waals surface area contributed by atoms with Crippen molar-refractivity contribution in [2.45, 2.75) is 0 Å². The summed E-state index contributed by atoms with van der Waals surface area (Å²) in [6.45, 7) is 0. The molecule has 0 amide bonds. The lowest BCUT2D eigenvalue weighted by Gasteiger charge is -2.12. The van der Waals surface area contributed by atoms with E-state index in [4.69, 9.17) is 15.0 Å². The molecule has 2 aromatic heterocycles. The number of aromatic nitrogens is 4. The van der Waals surface area contributed by atoms with Crippen LogP contribution in [0.5, 0.6) is 0 Å². The van der Waals surface area contributed by atoms with Gasteiger partial charge in [-0.2, -0.15) is 0 Å². The molecule has 230 valence electrons. The van der Waals surface area contributed by atoms with Gasteiger partial charge in [-0.05, 0) is 58.7 Å². The van der Waals surface area contributed by atoms with Crippen LogP contribution in [-0.4, -0.2) is 19.5 Å². The standard InChI is InChI=1S/C45H30N4/c1-4-14-31(15-5-1)36-26-27-42-40(30-36)39-24-10-11-25-41(39)49(42)38-23-13-21-35(29-38)34-20-12-22-37(28-34)45-47-43(32-16-6-2-7-17-32)46-44(48-45)33-18-8-3-9-19-33/h1-30H. The molecule has 0 saturated carbocycles. The van der Waals surface area contributed by atoms with E-state index in [9.17, 15) is 0 Å². The summed E-state index contributed by atoms with van der Waals surface area (Å²) in [5.41, 5.74) is 11.0. The van der Waals surface area contributed by atoms with Crippen LogP contribution < -0.4 is 0 Å². The fourth-order valence-electron chi connectivity index (χ4n) is 6.66. The molecule has 0 saturated heterocycles. The molecule has 0 spiro atoms. The number of rotatable bonds is 6. The normalized spacial score (nSPS) is 11.3. The predicted octanol–water partition coefficient (Wildman–Crippen LogP) is 11.3. The maximum atomic E-state index is 4.96. The van der Waals surface area contributed by atoms with Crippen molar-refractivity contribution in [1.29, 1.82) is 0 Å². The number of nitrogens with zero attached hydrogens (tertiary/aromatic N) is 4. The third-order valence-corrected chi connectivity index (χ3v) is 9.04. The minimum atomic E-state index is 0.641. The van der Waals surface area contributed by atoms with Crippen LogP contribution in [0.1, 0.15) is 0 Å². The third-order valence-electron chi connectivity index (χ3n) is 9.04. The second-order valence-corrected chi connectivity index (χ2v) is 12.1. The molecule has 2 heterocycles. The summed E-state index contributed by atoms with van der Waals surface area (Å²) in [5, 5.41) is 2.48. The first-order chi connectivity index (χ1) is 24.3. The number of hydrogen-bond donors (Lipinski definition) is 0. The van der Waals surface area contributed by atoms with Crippen LogP contribution in [0.3, 0.4) is 0 Å². The van der Waals surface area contributed by atoms with Gasteiger partial charge < -0.3 is 4.57 Å². The quantitative estimate of drug-likeness (QED) is 0.184. The maximum absolute atomic E-state index is 4.96. The highest BCUT2D eigenvalue weighted by molar-refractivity contribution is 6.10. The van der Waals surface area contributed by atoms with E-state index in [1.54, 1.807) is 0 Å². The first kappa shape index (κ1) is 28.6. The van der Waals surface area contributed by atoms with Gasteiger partial charge in [-0.3, -0.25) is 0 Å². The zero-order chi connectivity index (χ0) is 32.6. The predicted molar refractivity (Wildman–Crippen MR) is 201 cm³/mol. The van der Waals surface area contributed by atoms with Crippen molar-refractivity contribution in [2.75, 3.05) is 0 Å². The number of fused-ring (bicyclic) bond motifs is 3. The molecule has 7 aromatic carbocycles. The van der Waals surface area contributed by atoms with E-state index in [1.807, 2.05) is 60.7 Å². The average molecular weight is 627 g/mol. The summed E-state index contributed by atoms with van der Waals surface area (Å²) >= 11 is 0. The van der Waals surface area contributed by atoms with Gasteiger partial charge >= 0.3 is 0 Å². The second-order valence-electron chi connectivity index (χ2n) is 12.1. The highest BCUT2D eigenvalue weighted by Crippen LogP contribution is 2.36. The molecule has 9 rings (SSSR count). The van der Waals surface area contributed by atoms with Crippen molar-refractivity contribution >= 4 is 21.8 Å². The van der Waals surface area contributed by atoms with Crippen molar-refractivity contribution in [3.63, 3.8) is 0 Å². The van der Waals surface area contributed by atoms with E-state index in [-0.39, 0.29) is 0 Å². The smallest absolute Gasteiger partial charge is 0.164 e. The SMILES string of the molecule is c1ccc(-c2ccc3c(c2)c2ccccc2n3-c2cccc(-c3cccc(-c4nc(-c5ccccc5)nc(-c5ccccc5)n4)c3)c2)cc1. The fourth-order valence-corrected chi connectivity index (χ4v) is 6.66. The lowest BCUT2D eigenvalue weighted by atomic mass is 10.0. The van der Waals surface area contributed by atoms with Gasteiger partial charge in [0.2, 0.25) is 0 Å². The Balaban J connectivity index is 1.15. The summed E-state index contributed by atoms with van der Waals surface area (Å²) in [4.78, 5) is 14.8. The molecule has 0 radical (unpaired) electrons. The summed E-state index contributed by atoms with van der Waals surface area (Å²) in [6.07, 6.45) is 0. The summed E-state index contributed by atoms with van der Waals surface area (Å²) in [5.74, 6) is 1.94. The van der Waals surface area contributed by atoms with E-state index in [0.717, 1.165) is 33.5 Å². The van der Waals surface area contributed by atoms with Gasteiger partial charge in [-0.25, -0.2) is 15.0 Å². The van der Waals surface area contributed by atoms with Gasteiger partial charge in [-0.1, -0.05) is 146 Å². The molecule has 4 nitrogen and oxygen atoms in total. The molecular formula is C45H30N4. The fraction of sp³-hybridized carbons (Fsp3) is 0. The molecule has 0 atom stereocenters.